The van der Waals surface area contributed by atoms with Crippen LogP contribution < -0.4 is 5.32 Å². The summed E-state index contributed by atoms with van der Waals surface area (Å²) in [6.45, 7) is 26.1. The van der Waals surface area contributed by atoms with Crippen molar-refractivity contribution in [3.8, 4) is 0 Å². The first kappa shape index (κ1) is 32.9. The molecular formula is C33H56N3O+. The van der Waals surface area contributed by atoms with E-state index in [1.54, 1.807) is 0 Å². The van der Waals surface area contributed by atoms with Gasteiger partial charge in [0.15, 0.2) is 0 Å². The third-order valence-electron chi connectivity index (χ3n) is 7.71. The zero-order valence-electron chi connectivity index (χ0n) is 25.3. The first-order chi connectivity index (χ1) is 17.7. The molecule has 0 unspecified atom stereocenters. The number of amides is 1. The van der Waals surface area contributed by atoms with Crippen LogP contribution in [0.1, 0.15) is 97.0 Å². The zero-order valence-corrected chi connectivity index (χ0v) is 25.3. The van der Waals surface area contributed by atoms with E-state index < -0.39 is 0 Å². The van der Waals surface area contributed by atoms with E-state index in [4.69, 9.17) is 0 Å². The number of hydrogen-bond acceptors (Lipinski definition) is 2. The van der Waals surface area contributed by atoms with Crippen LogP contribution in [0.2, 0.25) is 0 Å². The van der Waals surface area contributed by atoms with Crippen LogP contribution in [0, 0.1) is 0 Å². The SMILES string of the molecule is CCN(CC)CC[N+](CC)(CC)CCNC(=O)c1ccc(C=C(C)CCC=C(C)CCC=C(C)C)cc1. The van der Waals surface area contributed by atoms with Gasteiger partial charge < -0.3 is 9.80 Å². The van der Waals surface area contributed by atoms with Gasteiger partial charge in [0.25, 0.3) is 5.91 Å². The minimum Gasteiger partial charge on any atom is -0.346 e. The van der Waals surface area contributed by atoms with Crippen LogP contribution in [-0.2, 0) is 0 Å². The zero-order chi connectivity index (χ0) is 27.7. The molecule has 1 N–H and O–H groups in total. The normalized spacial score (nSPS) is 12.7. The van der Waals surface area contributed by atoms with Crippen LogP contribution in [0.25, 0.3) is 6.08 Å². The second-order valence-corrected chi connectivity index (χ2v) is 10.7. The Morgan fingerprint density at radius 1 is 0.838 bits per heavy atom. The Bertz CT molecular complexity index is 867. The fourth-order valence-electron chi connectivity index (χ4n) is 4.69. The number of rotatable bonds is 18. The highest BCUT2D eigenvalue weighted by atomic mass is 16.1. The lowest BCUT2D eigenvalue weighted by atomic mass is 10.0. The van der Waals surface area contributed by atoms with Crippen molar-refractivity contribution in [2.75, 3.05) is 52.4 Å². The van der Waals surface area contributed by atoms with Crippen LogP contribution >= 0.6 is 0 Å². The van der Waals surface area contributed by atoms with Gasteiger partial charge in [-0.2, -0.15) is 0 Å². The van der Waals surface area contributed by atoms with Gasteiger partial charge in [-0.25, -0.2) is 0 Å². The van der Waals surface area contributed by atoms with Crippen LogP contribution in [0.15, 0.2) is 53.1 Å². The predicted molar refractivity (Wildman–Crippen MR) is 163 cm³/mol. The third-order valence-corrected chi connectivity index (χ3v) is 7.71. The molecule has 4 heteroatoms. The number of likely N-dealkylation sites (N-methyl/N-ethyl adjacent to an activating group) is 2. The molecule has 0 atom stereocenters. The van der Waals surface area contributed by atoms with Gasteiger partial charge in [-0.3, -0.25) is 9.69 Å². The van der Waals surface area contributed by atoms with Gasteiger partial charge >= 0.3 is 0 Å². The van der Waals surface area contributed by atoms with E-state index in [1.807, 2.05) is 12.1 Å². The second-order valence-electron chi connectivity index (χ2n) is 10.7. The molecule has 0 heterocycles. The molecular weight excluding hydrogens is 454 g/mol. The van der Waals surface area contributed by atoms with Crippen molar-refractivity contribution in [1.82, 2.24) is 10.2 Å². The Morgan fingerprint density at radius 3 is 2.00 bits per heavy atom. The molecule has 0 spiro atoms. The minimum absolute atomic E-state index is 0.0232. The molecule has 1 amide bonds. The van der Waals surface area contributed by atoms with Crippen molar-refractivity contribution in [2.24, 2.45) is 0 Å². The molecule has 1 aromatic rings. The summed E-state index contributed by atoms with van der Waals surface area (Å²) in [5.41, 5.74) is 6.12. The summed E-state index contributed by atoms with van der Waals surface area (Å²) in [5, 5.41) is 3.16. The van der Waals surface area contributed by atoms with Crippen LogP contribution in [0.5, 0.6) is 0 Å². The fraction of sp³-hybridized carbons (Fsp3) is 0.606. The number of benzene rings is 1. The van der Waals surface area contributed by atoms with Crippen molar-refractivity contribution in [2.45, 2.75) is 81.1 Å². The molecule has 1 aromatic carbocycles. The summed E-state index contributed by atoms with van der Waals surface area (Å²) in [7, 11) is 0. The Labute approximate surface area is 229 Å². The van der Waals surface area contributed by atoms with E-state index in [-0.39, 0.29) is 5.91 Å². The first-order valence-electron chi connectivity index (χ1n) is 14.6. The van der Waals surface area contributed by atoms with Crippen molar-refractivity contribution in [1.29, 1.82) is 0 Å². The molecule has 0 radical (unpaired) electrons. The van der Waals surface area contributed by atoms with E-state index in [1.165, 1.54) is 16.7 Å². The average molecular weight is 511 g/mol. The molecule has 0 bridgehead atoms. The number of nitrogens with one attached hydrogen (secondary N) is 1. The number of allylic oxidation sites excluding steroid dienone is 5. The summed E-state index contributed by atoms with van der Waals surface area (Å²) in [6.07, 6.45) is 11.3. The summed E-state index contributed by atoms with van der Waals surface area (Å²) < 4.78 is 1.05. The molecule has 1 rings (SSSR count). The largest absolute Gasteiger partial charge is 0.346 e. The van der Waals surface area contributed by atoms with Crippen molar-refractivity contribution >= 4 is 12.0 Å². The molecule has 0 fully saturated rings. The number of nitrogens with zero attached hydrogens (tertiary/aromatic N) is 2. The van der Waals surface area contributed by atoms with Gasteiger partial charge in [-0.1, -0.05) is 60.9 Å². The van der Waals surface area contributed by atoms with E-state index in [0.717, 1.165) is 87.1 Å². The molecule has 208 valence electrons. The Hall–Kier alpha value is -2.17. The molecule has 0 aliphatic heterocycles. The standard InChI is InChI=1S/C33H55N3O/c1-9-35(10-2)24-26-36(11-3,12-4)25-23-34-33(37)32-21-19-31(20-22-32)27-30(8)18-14-17-29(7)16-13-15-28(5)6/h15,17,19-22,27H,9-14,16,18,23-26H2,1-8H3/p+1. The number of quaternary nitrogens is 1. The monoisotopic (exact) mass is 510 g/mol. The fourth-order valence-corrected chi connectivity index (χ4v) is 4.69. The lowest BCUT2D eigenvalue weighted by molar-refractivity contribution is -0.923. The van der Waals surface area contributed by atoms with Crippen molar-refractivity contribution in [3.05, 3.63) is 64.3 Å². The molecule has 0 saturated heterocycles. The third kappa shape index (κ3) is 13.3. The van der Waals surface area contributed by atoms with Gasteiger partial charge in [0.2, 0.25) is 0 Å². The summed E-state index contributed by atoms with van der Waals surface area (Å²) in [4.78, 5) is 15.3. The lowest BCUT2D eigenvalue weighted by Gasteiger charge is -2.38. The topological polar surface area (TPSA) is 32.3 Å². The quantitative estimate of drug-likeness (QED) is 0.164. The van der Waals surface area contributed by atoms with E-state index in [0.29, 0.717) is 6.54 Å². The Balaban J connectivity index is 2.56. The molecule has 0 aliphatic carbocycles. The van der Waals surface area contributed by atoms with E-state index in [9.17, 15) is 4.79 Å². The van der Waals surface area contributed by atoms with Crippen LogP contribution in [0.4, 0.5) is 0 Å². The molecule has 0 aromatic heterocycles. The van der Waals surface area contributed by atoms with Crippen molar-refractivity contribution in [3.63, 3.8) is 0 Å². The van der Waals surface area contributed by atoms with Gasteiger partial charge in [0.1, 0.15) is 0 Å². The Morgan fingerprint density at radius 2 is 1.43 bits per heavy atom. The number of hydrogen-bond donors (Lipinski definition) is 1. The maximum absolute atomic E-state index is 12.8. The van der Waals surface area contributed by atoms with Crippen LogP contribution in [0.3, 0.4) is 0 Å². The molecule has 0 aliphatic rings. The molecule has 0 saturated carbocycles. The summed E-state index contributed by atoms with van der Waals surface area (Å²) >= 11 is 0. The van der Waals surface area contributed by atoms with E-state index in [2.05, 4.69) is 96.0 Å². The Kier molecular flexibility index (Phi) is 16.1. The summed E-state index contributed by atoms with van der Waals surface area (Å²) in [5.74, 6) is 0.0232. The van der Waals surface area contributed by atoms with Gasteiger partial charge in [0.05, 0.1) is 32.7 Å². The second kappa shape index (κ2) is 18.1. The number of carbonyl (C=O) groups is 1. The highest BCUT2D eigenvalue weighted by Gasteiger charge is 2.23. The van der Waals surface area contributed by atoms with Gasteiger partial charge in [-0.15, -0.1) is 0 Å². The highest BCUT2D eigenvalue weighted by Crippen LogP contribution is 2.15. The van der Waals surface area contributed by atoms with E-state index >= 15 is 0 Å². The maximum Gasteiger partial charge on any atom is 0.251 e. The minimum atomic E-state index is 0.0232. The average Bonchev–Trinajstić information content (AvgIpc) is 2.88. The predicted octanol–water partition coefficient (Wildman–Crippen LogP) is 7.49. The summed E-state index contributed by atoms with van der Waals surface area (Å²) in [6, 6.07) is 8.01. The highest BCUT2D eigenvalue weighted by molar-refractivity contribution is 5.94. The smallest absolute Gasteiger partial charge is 0.251 e. The number of carbonyl (C=O) groups excluding carboxylic acids is 1. The first-order valence-corrected chi connectivity index (χ1v) is 14.6. The lowest BCUT2D eigenvalue weighted by Crippen LogP contribution is -2.54. The van der Waals surface area contributed by atoms with Gasteiger partial charge in [0, 0.05) is 12.1 Å². The van der Waals surface area contributed by atoms with Gasteiger partial charge in [-0.05, 0) is 98.0 Å². The molecule has 4 nitrogen and oxygen atoms in total. The van der Waals surface area contributed by atoms with Crippen molar-refractivity contribution < 1.29 is 9.28 Å². The maximum atomic E-state index is 12.8. The molecule has 37 heavy (non-hydrogen) atoms. The van der Waals surface area contributed by atoms with Crippen LogP contribution in [-0.4, -0.2) is 67.6 Å².